The fourth-order valence-corrected chi connectivity index (χ4v) is 3.55. The highest BCUT2D eigenvalue weighted by atomic mass is 19.4. The number of carbonyl (C=O) groups is 2. The van der Waals surface area contributed by atoms with Crippen molar-refractivity contribution in [1.82, 2.24) is 10.2 Å². The Balaban J connectivity index is 0.000000321. The molecular weight excluding hydrogens is 365 g/mol. The molecule has 1 amide bonds. The highest BCUT2D eigenvalue weighted by Gasteiger charge is 2.55. The lowest BCUT2D eigenvalue weighted by Gasteiger charge is -2.18. The maximum Gasteiger partial charge on any atom is 0.490 e. The smallest absolute Gasteiger partial charge is 0.475 e. The second-order valence-corrected chi connectivity index (χ2v) is 7.43. The molecule has 6 nitrogen and oxygen atoms in total. The highest BCUT2D eigenvalue weighted by molar-refractivity contribution is 5.77. The van der Waals surface area contributed by atoms with Gasteiger partial charge in [0, 0.05) is 25.6 Å². The topological polar surface area (TPSA) is 82.8 Å². The summed E-state index contributed by atoms with van der Waals surface area (Å²) in [7, 11) is 0. The van der Waals surface area contributed by atoms with Gasteiger partial charge >= 0.3 is 12.1 Å². The zero-order chi connectivity index (χ0) is 20.4. The standard InChI is InChI=1S/C16H24N2O2.C2HF3O2/c1-10(2)17-16(19)6-13-14-8-18(9-15(13)14)7-12-5-4-11(3)20-12;3-2(4,5)1(6)7/h4-5,10,13-15H,6-9H2,1-3H3,(H,17,19);(H,6,7)/t13?,14-,15+;. The first kappa shape index (κ1) is 21.3. The van der Waals surface area contributed by atoms with E-state index in [1.165, 1.54) is 0 Å². The van der Waals surface area contributed by atoms with Gasteiger partial charge in [0.25, 0.3) is 0 Å². The zero-order valence-corrected chi connectivity index (χ0v) is 15.5. The van der Waals surface area contributed by atoms with E-state index in [1.807, 2.05) is 26.8 Å². The molecule has 0 spiro atoms. The maximum absolute atomic E-state index is 11.8. The first-order valence-corrected chi connectivity index (χ1v) is 8.84. The van der Waals surface area contributed by atoms with Gasteiger partial charge < -0.3 is 14.8 Å². The lowest BCUT2D eigenvalue weighted by molar-refractivity contribution is -0.192. The Hall–Kier alpha value is -2.03. The third-order valence-electron chi connectivity index (χ3n) is 4.74. The summed E-state index contributed by atoms with van der Waals surface area (Å²) in [5.74, 6) is 1.56. The van der Waals surface area contributed by atoms with Crippen LogP contribution in [0.4, 0.5) is 13.2 Å². The van der Waals surface area contributed by atoms with E-state index in [0.29, 0.717) is 12.3 Å². The largest absolute Gasteiger partial charge is 0.490 e. The minimum absolute atomic E-state index is 0.215. The van der Waals surface area contributed by atoms with E-state index in [-0.39, 0.29) is 11.9 Å². The number of nitrogens with one attached hydrogen (secondary N) is 1. The number of nitrogens with zero attached hydrogens (tertiary/aromatic N) is 1. The third kappa shape index (κ3) is 6.27. The van der Waals surface area contributed by atoms with E-state index in [2.05, 4.69) is 16.3 Å². The monoisotopic (exact) mass is 390 g/mol. The van der Waals surface area contributed by atoms with Crippen molar-refractivity contribution in [3.8, 4) is 0 Å². The molecule has 0 bridgehead atoms. The molecule has 0 aromatic carbocycles. The minimum atomic E-state index is -5.08. The molecule has 3 rings (SSSR count). The Morgan fingerprint density at radius 3 is 2.26 bits per heavy atom. The van der Waals surface area contributed by atoms with Gasteiger partial charge in [0.05, 0.1) is 6.54 Å². The van der Waals surface area contributed by atoms with Crippen LogP contribution in [0, 0.1) is 24.7 Å². The Morgan fingerprint density at radius 2 is 1.85 bits per heavy atom. The number of furan rings is 1. The predicted octanol–water partition coefficient (Wildman–Crippen LogP) is 2.81. The van der Waals surface area contributed by atoms with Crippen molar-refractivity contribution in [3.05, 3.63) is 23.7 Å². The van der Waals surface area contributed by atoms with E-state index in [1.54, 1.807) is 0 Å². The molecule has 2 N–H and O–H groups in total. The van der Waals surface area contributed by atoms with Crippen molar-refractivity contribution in [3.63, 3.8) is 0 Å². The molecule has 1 aromatic heterocycles. The van der Waals surface area contributed by atoms with E-state index >= 15 is 0 Å². The maximum atomic E-state index is 11.8. The Kier molecular flexibility index (Phi) is 6.56. The van der Waals surface area contributed by atoms with E-state index in [0.717, 1.165) is 43.0 Å². The van der Waals surface area contributed by atoms with Crippen LogP contribution in [0.1, 0.15) is 31.8 Å². The number of fused-ring (bicyclic) bond motifs is 1. The van der Waals surface area contributed by atoms with Crippen molar-refractivity contribution >= 4 is 11.9 Å². The fraction of sp³-hybridized carbons (Fsp3) is 0.667. The number of carboxylic acids is 1. The van der Waals surface area contributed by atoms with Gasteiger partial charge in [-0.3, -0.25) is 9.69 Å². The number of aliphatic carboxylic acids is 1. The van der Waals surface area contributed by atoms with Gasteiger partial charge in [-0.2, -0.15) is 13.2 Å². The number of carboxylic acid groups (broad SMARTS) is 1. The second-order valence-electron chi connectivity index (χ2n) is 7.43. The van der Waals surface area contributed by atoms with Crippen LogP contribution < -0.4 is 5.32 Å². The van der Waals surface area contributed by atoms with Gasteiger partial charge in [-0.15, -0.1) is 0 Å². The van der Waals surface area contributed by atoms with Crippen molar-refractivity contribution in [2.75, 3.05) is 13.1 Å². The van der Waals surface area contributed by atoms with Crippen LogP contribution in [-0.2, 0) is 16.1 Å². The lowest BCUT2D eigenvalue weighted by Crippen LogP contribution is -2.31. The predicted molar refractivity (Wildman–Crippen MR) is 90.8 cm³/mol. The van der Waals surface area contributed by atoms with E-state index in [4.69, 9.17) is 14.3 Å². The Labute approximate surface area is 155 Å². The number of likely N-dealkylation sites (tertiary alicyclic amines) is 1. The van der Waals surface area contributed by atoms with Gasteiger partial charge in [0.15, 0.2) is 0 Å². The summed E-state index contributed by atoms with van der Waals surface area (Å²) in [6, 6.07) is 4.33. The molecule has 2 heterocycles. The number of hydrogen-bond donors (Lipinski definition) is 2. The number of amides is 1. The third-order valence-corrected chi connectivity index (χ3v) is 4.74. The Bertz CT molecular complexity index is 660. The first-order valence-electron chi connectivity index (χ1n) is 8.84. The average Bonchev–Trinajstić information content (AvgIpc) is 2.88. The van der Waals surface area contributed by atoms with Gasteiger partial charge in [-0.25, -0.2) is 4.79 Å². The first-order chi connectivity index (χ1) is 12.5. The van der Waals surface area contributed by atoms with Crippen LogP contribution in [0.25, 0.3) is 0 Å². The molecular formula is C18H25F3N2O4. The lowest BCUT2D eigenvalue weighted by atomic mass is 10.1. The molecule has 1 saturated heterocycles. The molecule has 1 aliphatic heterocycles. The average molecular weight is 390 g/mol. The molecule has 9 heteroatoms. The summed E-state index contributed by atoms with van der Waals surface area (Å²) in [6.07, 6.45) is -4.37. The second kappa shape index (κ2) is 8.33. The summed E-state index contributed by atoms with van der Waals surface area (Å²) < 4.78 is 37.4. The Morgan fingerprint density at radius 1 is 1.30 bits per heavy atom. The summed E-state index contributed by atoms with van der Waals surface area (Å²) >= 11 is 0. The molecule has 3 atom stereocenters. The van der Waals surface area contributed by atoms with E-state index < -0.39 is 12.1 Å². The number of halogens is 3. The van der Waals surface area contributed by atoms with Crippen LogP contribution in [0.15, 0.2) is 16.5 Å². The number of carbonyl (C=O) groups excluding carboxylic acids is 1. The molecule has 1 aromatic rings. The zero-order valence-electron chi connectivity index (χ0n) is 15.5. The number of aryl methyl sites for hydroxylation is 1. The number of alkyl halides is 3. The van der Waals surface area contributed by atoms with Crippen molar-refractivity contribution < 1.29 is 32.3 Å². The molecule has 0 radical (unpaired) electrons. The van der Waals surface area contributed by atoms with Crippen LogP contribution in [0.5, 0.6) is 0 Å². The summed E-state index contributed by atoms with van der Waals surface area (Å²) in [4.78, 5) is 23.1. The normalized spacial score (nSPS) is 24.2. The quantitative estimate of drug-likeness (QED) is 0.808. The van der Waals surface area contributed by atoms with Gasteiger partial charge in [0.1, 0.15) is 11.5 Å². The molecule has 152 valence electrons. The molecule has 1 unspecified atom stereocenters. The summed E-state index contributed by atoms with van der Waals surface area (Å²) in [5, 5.41) is 10.1. The molecule has 1 aliphatic carbocycles. The van der Waals surface area contributed by atoms with Crippen LogP contribution in [0.2, 0.25) is 0 Å². The molecule has 1 saturated carbocycles. The van der Waals surface area contributed by atoms with Crippen LogP contribution >= 0.6 is 0 Å². The van der Waals surface area contributed by atoms with Crippen molar-refractivity contribution in [1.29, 1.82) is 0 Å². The fourth-order valence-electron chi connectivity index (χ4n) is 3.55. The van der Waals surface area contributed by atoms with Crippen molar-refractivity contribution in [2.24, 2.45) is 17.8 Å². The summed E-state index contributed by atoms with van der Waals surface area (Å²) in [6.45, 7) is 9.14. The SMILES string of the molecule is Cc1ccc(CN2C[C@@H]3C(CC(=O)NC(C)C)[C@@H]3C2)o1.O=C(O)C(F)(F)F. The number of hydrogen-bond acceptors (Lipinski definition) is 4. The van der Waals surface area contributed by atoms with Crippen LogP contribution in [-0.4, -0.2) is 47.2 Å². The van der Waals surface area contributed by atoms with Gasteiger partial charge in [-0.1, -0.05) is 0 Å². The molecule has 2 fully saturated rings. The molecule has 27 heavy (non-hydrogen) atoms. The number of rotatable bonds is 5. The minimum Gasteiger partial charge on any atom is -0.475 e. The van der Waals surface area contributed by atoms with Gasteiger partial charge in [0.2, 0.25) is 5.91 Å². The summed E-state index contributed by atoms with van der Waals surface area (Å²) in [5.41, 5.74) is 0. The molecule has 2 aliphatic rings. The van der Waals surface area contributed by atoms with Crippen LogP contribution in [0.3, 0.4) is 0 Å². The van der Waals surface area contributed by atoms with Crippen molar-refractivity contribution in [2.45, 2.75) is 46.0 Å². The van der Waals surface area contributed by atoms with Gasteiger partial charge in [-0.05, 0) is 50.7 Å². The number of piperidine rings is 1. The highest BCUT2D eigenvalue weighted by Crippen LogP contribution is 2.53. The van der Waals surface area contributed by atoms with E-state index in [9.17, 15) is 18.0 Å².